The molecular formula is C14H14N4O3. The first-order chi connectivity index (χ1) is 10.1. The van der Waals surface area contributed by atoms with Crippen LogP contribution in [0.15, 0.2) is 24.3 Å². The first kappa shape index (κ1) is 13.3. The molecule has 0 atom stereocenters. The van der Waals surface area contributed by atoms with Crippen molar-refractivity contribution in [2.75, 3.05) is 18.6 Å². The van der Waals surface area contributed by atoms with Crippen molar-refractivity contribution >= 4 is 17.6 Å². The van der Waals surface area contributed by atoms with Gasteiger partial charge in [0.1, 0.15) is 0 Å². The summed E-state index contributed by atoms with van der Waals surface area (Å²) in [6, 6.07) is 7.35. The second kappa shape index (κ2) is 5.01. The molecular weight excluding hydrogens is 272 g/mol. The van der Waals surface area contributed by atoms with Crippen LogP contribution in [-0.2, 0) is 16.0 Å². The first-order valence-corrected chi connectivity index (χ1v) is 6.61. The van der Waals surface area contributed by atoms with Crippen LogP contribution in [0.3, 0.4) is 0 Å². The standard InChI is InChI=1S/C14H14N4O3/c1-3-21-14(20)13-11-8-12(19)17(2)9-6-4-5-7-10(9)18(11)16-15-13/h4-7H,3,8H2,1-2H3. The summed E-state index contributed by atoms with van der Waals surface area (Å²) in [5, 5.41) is 7.90. The third-order valence-corrected chi connectivity index (χ3v) is 3.40. The number of ether oxygens (including phenoxy) is 1. The first-order valence-electron chi connectivity index (χ1n) is 6.61. The number of aromatic nitrogens is 3. The maximum absolute atomic E-state index is 12.3. The van der Waals surface area contributed by atoms with E-state index in [4.69, 9.17) is 4.74 Å². The minimum absolute atomic E-state index is 0.0479. The summed E-state index contributed by atoms with van der Waals surface area (Å²) in [4.78, 5) is 25.8. The number of hydrogen-bond donors (Lipinski definition) is 0. The van der Waals surface area contributed by atoms with Crippen LogP contribution in [0.2, 0.25) is 0 Å². The zero-order valence-corrected chi connectivity index (χ0v) is 11.7. The molecule has 7 nitrogen and oxygen atoms in total. The summed E-state index contributed by atoms with van der Waals surface area (Å²) in [6.45, 7) is 1.96. The summed E-state index contributed by atoms with van der Waals surface area (Å²) in [6.07, 6.45) is 0.0479. The molecule has 0 unspecified atom stereocenters. The molecule has 0 saturated carbocycles. The number of benzene rings is 1. The number of hydrogen-bond acceptors (Lipinski definition) is 5. The van der Waals surface area contributed by atoms with Gasteiger partial charge in [0, 0.05) is 7.05 Å². The van der Waals surface area contributed by atoms with Gasteiger partial charge < -0.3 is 9.64 Å². The SMILES string of the molecule is CCOC(=O)c1nnn2c1CC(=O)N(C)c1ccccc1-2. The highest BCUT2D eigenvalue weighted by molar-refractivity contribution is 5.99. The molecule has 7 heteroatoms. The van der Waals surface area contributed by atoms with Crippen LogP contribution in [0.4, 0.5) is 5.69 Å². The fourth-order valence-corrected chi connectivity index (χ4v) is 2.33. The number of carbonyl (C=O) groups is 2. The van der Waals surface area contributed by atoms with Crippen LogP contribution in [0, 0.1) is 0 Å². The predicted molar refractivity (Wildman–Crippen MR) is 74.4 cm³/mol. The Morgan fingerprint density at radius 1 is 1.33 bits per heavy atom. The minimum Gasteiger partial charge on any atom is -0.461 e. The molecule has 3 rings (SSSR count). The van der Waals surface area contributed by atoms with Crippen molar-refractivity contribution in [1.29, 1.82) is 0 Å². The molecule has 1 aliphatic heterocycles. The molecule has 2 heterocycles. The van der Waals surface area contributed by atoms with Crippen LogP contribution in [0.25, 0.3) is 5.69 Å². The molecule has 2 aromatic rings. The minimum atomic E-state index is -0.561. The van der Waals surface area contributed by atoms with E-state index in [9.17, 15) is 9.59 Å². The molecule has 0 spiro atoms. The van der Waals surface area contributed by atoms with E-state index >= 15 is 0 Å². The summed E-state index contributed by atoms with van der Waals surface area (Å²) < 4.78 is 6.49. The molecule has 0 fully saturated rings. The Bertz CT molecular complexity index is 723. The smallest absolute Gasteiger partial charge is 0.360 e. The van der Waals surface area contributed by atoms with Gasteiger partial charge in [-0.25, -0.2) is 9.48 Å². The van der Waals surface area contributed by atoms with Crippen LogP contribution in [0.5, 0.6) is 0 Å². The van der Waals surface area contributed by atoms with Gasteiger partial charge in [-0.1, -0.05) is 17.3 Å². The molecule has 0 bridgehead atoms. The van der Waals surface area contributed by atoms with Crippen molar-refractivity contribution in [3.05, 3.63) is 35.7 Å². The Kier molecular flexibility index (Phi) is 3.17. The number of carbonyl (C=O) groups excluding carboxylic acids is 2. The summed E-state index contributed by atoms with van der Waals surface area (Å²) in [5.41, 5.74) is 1.98. The van der Waals surface area contributed by atoms with Gasteiger partial charge in [-0.15, -0.1) is 5.10 Å². The number of para-hydroxylation sites is 2. The average molecular weight is 286 g/mol. The highest BCUT2D eigenvalue weighted by Gasteiger charge is 2.29. The maximum atomic E-state index is 12.3. The Morgan fingerprint density at radius 2 is 2.05 bits per heavy atom. The summed E-state index contributed by atoms with van der Waals surface area (Å²) in [7, 11) is 1.70. The van der Waals surface area contributed by atoms with Crippen molar-refractivity contribution in [3.63, 3.8) is 0 Å². The number of rotatable bonds is 2. The van der Waals surface area contributed by atoms with Crippen LogP contribution in [-0.4, -0.2) is 40.5 Å². The number of amides is 1. The normalized spacial score (nSPS) is 13.4. The lowest BCUT2D eigenvalue weighted by molar-refractivity contribution is -0.117. The van der Waals surface area contributed by atoms with Crippen LogP contribution in [0.1, 0.15) is 23.1 Å². The molecule has 1 aliphatic rings. The Balaban J connectivity index is 2.18. The maximum Gasteiger partial charge on any atom is 0.360 e. The fraction of sp³-hybridized carbons (Fsp3) is 0.286. The number of likely N-dealkylation sites (N-methyl/N-ethyl adjacent to an activating group) is 1. The summed E-state index contributed by atoms with van der Waals surface area (Å²) >= 11 is 0. The van der Waals surface area contributed by atoms with E-state index in [1.165, 1.54) is 4.68 Å². The molecule has 21 heavy (non-hydrogen) atoms. The van der Waals surface area contributed by atoms with E-state index in [-0.39, 0.29) is 24.6 Å². The third-order valence-electron chi connectivity index (χ3n) is 3.40. The molecule has 1 aromatic carbocycles. The predicted octanol–water partition coefficient (Wildman–Crippen LogP) is 0.963. The van der Waals surface area contributed by atoms with E-state index in [1.54, 1.807) is 18.9 Å². The monoisotopic (exact) mass is 286 g/mol. The number of nitrogens with zero attached hydrogens (tertiary/aromatic N) is 4. The lowest BCUT2D eigenvalue weighted by atomic mass is 10.2. The molecule has 1 aromatic heterocycles. The highest BCUT2D eigenvalue weighted by atomic mass is 16.5. The molecule has 0 saturated heterocycles. The molecule has 1 amide bonds. The number of esters is 1. The van der Waals surface area contributed by atoms with Crippen LogP contribution < -0.4 is 4.90 Å². The van der Waals surface area contributed by atoms with Gasteiger partial charge in [0.05, 0.1) is 30.1 Å². The zero-order chi connectivity index (χ0) is 15.0. The lowest BCUT2D eigenvalue weighted by Gasteiger charge is -2.16. The van der Waals surface area contributed by atoms with E-state index < -0.39 is 5.97 Å². The van der Waals surface area contributed by atoms with Crippen molar-refractivity contribution < 1.29 is 14.3 Å². The van der Waals surface area contributed by atoms with E-state index in [2.05, 4.69) is 10.3 Å². The molecule has 108 valence electrons. The Morgan fingerprint density at radius 3 is 2.76 bits per heavy atom. The molecule has 0 N–H and O–H groups in total. The number of fused-ring (bicyclic) bond motifs is 3. The number of anilines is 1. The largest absolute Gasteiger partial charge is 0.461 e. The van der Waals surface area contributed by atoms with Crippen molar-refractivity contribution in [2.45, 2.75) is 13.3 Å². The van der Waals surface area contributed by atoms with Crippen molar-refractivity contribution in [3.8, 4) is 5.69 Å². The second-order valence-corrected chi connectivity index (χ2v) is 4.64. The van der Waals surface area contributed by atoms with Gasteiger partial charge in [0.15, 0.2) is 5.69 Å². The Hall–Kier alpha value is -2.70. The van der Waals surface area contributed by atoms with Crippen molar-refractivity contribution in [1.82, 2.24) is 15.0 Å². The van der Waals surface area contributed by atoms with Crippen LogP contribution >= 0.6 is 0 Å². The summed E-state index contributed by atoms with van der Waals surface area (Å²) in [5.74, 6) is -0.692. The topological polar surface area (TPSA) is 77.3 Å². The Labute approximate surface area is 121 Å². The fourth-order valence-electron chi connectivity index (χ4n) is 2.33. The van der Waals surface area contributed by atoms with E-state index in [1.807, 2.05) is 24.3 Å². The average Bonchev–Trinajstić information content (AvgIpc) is 2.86. The molecule has 0 radical (unpaired) electrons. The van der Waals surface area contributed by atoms with Gasteiger partial charge in [-0.2, -0.15) is 0 Å². The van der Waals surface area contributed by atoms with Gasteiger partial charge in [-0.3, -0.25) is 4.79 Å². The van der Waals surface area contributed by atoms with E-state index in [0.717, 1.165) is 5.69 Å². The zero-order valence-electron chi connectivity index (χ0n) is 11.7. The van der Waals surface area contributed by atoms with E-state index in [0.29, 0.717) is 11.4 Å². The third kappa shape index (κ3) is 2.06. The van der Waals surface area contributed by atoms with Gasteiger partial charge in [0.2, 0.25) is 5.91 Å². The van der Waals surface area contributed by atoms with Gasteiger partial charge >= 0.3 is 5.97 Å². The van der Waals surface area contributed by atoms with Gasteiger partial charge in [-0.05, 0) is 19.1 Å². The second-order valence-electron chi connectivity index (χ2n) is 4.64. The van der Waals surface area contributed by atoms with Crippen molar-refractivity contribution in [2.24, 2.45) is 0 Å². The molecule has 0 aliphatic carbocycles. The lowest BCUT2D eigenvalue weighted by Crippen LogP contribution is -2.27. The van der Waals surface area contributed by atoms with Gasteiger partial charge in [0.25, 0.3) is 0 Å². The quantitative estimate of drug-likeness (QED) is 0.769. The highest BCUT2D eigenvalue weighted by Crippen LogP contribution is 2.28.